The fraction of sp³-hybridized carbons (Fsp3) is 0.312. The van der Waals surface area contributed by atoms with Crippen molar-refractivity contribution in [2.75, 3.05) is 14.2 Å². The lowest BCUT2D eigenvalue weighted by Crippen LogP contribution is -2.17. The molecule has 0 bridgehead atoms. The van der Waals surface area contributed by atoms with Gasteiger partial charge in [0.15, 0.2) is 0 Å². The second-order valence-electron chi connectivity index (χ2n) is 5.55. The Morgan fingerprint density at radius 2 is 1.91 bits per heavy atom. The lowest BCUT2D eigenvalue weighted by molar-refractivity contribution is 0.314. The molecule has 1 aromatic carbocycles. The second-order valence-corrected chi connectivity index (χ2v) is 5.55. The van der Waals surface area contributed by atoms with Crippen molar-refractivity contribution >= 4 is 0 Å². The Hall–Kier alpha value is -2.67. The zero-order chi connectivity index (χ0) is 16.2. The van der Waals surface area contributed by atoms with E-state index >= 15 is 0 Å². The Morgan fingerprint density at radius 3 is 2.57 bits per heavy atom. The molecular formula is C16H20N6O. The first-order chi connectivity index (χ1) is 11.1. The van der Waals surface area contributed by atoms with Gasteiger partial charge in [-0.1, -0.05) is 17.3 Å². The number of aromatic nitrogens is 5. The normalized spacial score (nSPS) is 11.1. The van der Waals surface area contributed by atoms with Crippen molar-refractivity contribution in [3.8, 4) is 11.4 Å². The van der Waals surface area contributed by atoms with E-state index < -0.39 is 0 Å². The number of hydrogen-bond acceptors (Lipinski definition) is 5. The van der Waals surface area contributed by atoms with E-state index in [9.17, 15) is 0 Å². The van der Waals surface area contributed by atoms with Gasteiger partial charge < -0.3 is 4.74 Å². The van der Waals surface area contributed by atoms with E-state index in [0.717, 1.165) is 30.2 Å². The van der Waals surface area contributed by atoms with Gasteiger partial charge in [0.05, 0.1) is 31.4 Å². The van der Waals surface area contributed by atoms with Crippen molar-refractivity contribution in [3.63, 3.8) is 0 Å². The van der Waals surface area contributed by atoms with Gasteiger partial charge in [0.25, 0.3) is 0 Å². The maximum absolute atomic E-state index is 5.17. The molecule has 0 aliphatic heterocycles. The first-order valence-corrected chi connectivity index (χ1v) is 7.36. The third kappa shape index (κ3) is 3.75. The molecule has 23 heavy (non-hydrogen) atoms. The van der Waals surface area contributed by atoms with Crippen LogP contribution in [0.1, 0.15) is 11.3 Å². The van der Waals surface area contributed by atoms with Crippen LogP contribution < -0.4 is 4.74 Å². The summed E-state index contributed by atoms with van der Waals surface area (Å²) in [5, 5.41) is 12.5. The molecule has 3 rings (SSSR count). The first kappa shape index (κ1) is 15.2. The highest BCUT2D eigenvalue weighted by atomic mass is 16.5. The molecule has 0 unspecified atom stereocenters. The molecule has 0 radical (unpaired) electrons. The highest BCUT2D eigenvalue weighted by Crippen LogP contribution is 2.13. The standard InChI is InChI=1S/C16H20N6O/c1-20(9-13-4-6-16(23-3)7-5-13)10-14-11-22(19-18-14)15-8-17-21(2)12-15/h4-8,11-12H,9-10H2,1-3H3. The number of hydrogen-bond donors (Lipinski definition) is 0. The summed E-state index contributed by atoms with van der Waals surface area (Å²) >= 11 is 0. The van der Waals surface area contributed by atoms with Crippen LogP contribution in [0.5, 0.6) is 5.75 Å². The predicted octanol–water partition coefficient (Wildman–Crippen LogP) is 1.64. The van der Waals surface area contributed by atoms with Gasteiger partial charge in [0.2, 0.25) is 0 Å². The van der Waals surface area contributed by atoms with Crippen molar-refractivity contribution in [3.05, 3.63) is 54.1 Å². The summed E-state index contributed by atoms with van der Waals surface area (Å²) in [5.74, 6) is 0.871. The zero-order valence-electron chi connectivity index (χ0n) is 13.5. The molecule has 0 fully saturated rings. The number of benzene rings is 1. The molecule has 0 aliphatic rings. The minimum atomic E-state index is 0.728. The van der Waals surface area contributed by atoms with E-state index in [-0.39, 0.29) is 0 Å². The summed E-state index contributed by atoms with van der Waals surface area (Å²) in [6.07, 6.45) is 5.60. The van der Waals surface area contributed by atoms with Crippen LogP contribution in [0.3, 0.4) is 0 Å². The van der Waals surface area contributed by atoms with Gasteiger partial charge in [-0.05, 0) is 24.7 Å². The molecule has 0 N–H and O–H groups in total. The fourth-order valence-electron chi connectivity index (χ4n) is 2.40. The molecule has 3 aromatic rings. The first-order valence-electron chi connectivity index (χ1n) is 7.36. The summed E-state index contributed by atoms with van der Waals surface area (Å²) in [7, 11) is 5.62. The summed E-state index contributed by atoms with van der Waals surface area (Å²) in [6.45, 7) is 1.57. The average Bonchev–Trinajstić information content (AvgIpc) is 3.17. The Bertz CT molecular complexity index is 761. The average molecular weight is 312 g/mol. The van der Waals surface area contributed by atoms with Gasteiger partial charge in [-0.3, -0.25) is 9.58 Å². The summed E-state index contributed by atoms with van der Waals surface area (Å²) in [5.41, 5.74) is 3.06. The molecule has 0 amide bonds. The van der Waals surface area contributed by atoms with E-state index in [1.165, 1.54) is 5.56 Å². The minimum Gasteiger partial charge on any atom is -0.497 e. The summed E-state index contributed by atoms with van der Waals surface area (Å²) in [6, 6.07) is 8.09. The molecule has 7 nitrogen and oxygen atoms in total. The molecule has 120 valence electrons. The summed E-state index contributed by atoms with van der Waals surface area (Å²) < 4.78 is 8.66. The molecule has 0 atom stereocenters. The van der Waals surface area contributed by atoms with Gasteiger partial charge in [0.1, 0.15) is 11.4 Å². The number of ether oxygens (including phenoxy) is 1. The second kappa shape index (κ2) is 6.62. The zero-order valence-corrected chi connectivity index (χ0v) is 13.5. The predicted molar refractivity (Wildman–Crippen MR) is 86.3 cm³/mol. The Kier molecular flexibility index (Phi) is 4.38. The molecule has 0 saturated heterocycles. The van der Waals surface area contributed by atoms with Crippen molar-refractivity contribution < 1.29 is 4.74 Å². The molecule has 2 aromatic heterocycles. The van der Waals surface area contributed by atoms with Gasteiger partial charge in [-0.15, -0.1) is 5.10 Å². The number of nitrogens with zero attached hydrogens (tertiary/aromatic N) is 6. The van der Waals surface area contributed by atoms with Crippen LogP contribution in [-0.4, -0.2) is 43.8 Å². The lowest BCUT2D eigenvalue weighted by atomic mass is 10.2. The van der Waals surface area contributed by atoms with E-state index in [2.05, 4.69) is 39.5 Å². The summed E-state index contributed by atoms with van der Waals surface area (Å²) in [4.78, 5) is 2.19. The quantitative estimate of drug-likeness (QED) is 0.692. The third-order valence-electron chi connectivity index (χ3n) is 3.54. The van der Waals surface area contributed by atoms with Crippen LogP contribution in [0.4, 0.5) is 0 Å². The van der Waals surface area contributed by atoms with Gasteiger partial charge >= 0.3 is 0 Å². The molecule has 7 heteroatoms. The van der Waals surface area contributed by atoms with Gasteiger partial charge in [-0.25, -0.2) is 4.68 Å². The minimum absolute atomic E-state index is 0.728. The number of methoxy groups -OCH3 is 1. The van der Waals surface area contributed by atoms with Gasteiger partial charge in [0, 0.05) is 20.1 Å². The lowest BCUT2D eigenvalue weighted by Gasteiger charge is -2.15. The topological polar surface area (TPSA) is 61.0 Å². The Morgan fingerprint density at radius 1 is 1.13 bits per heavy atom. The number of rotatable bonds is 6. The number of aryl methyl sites for hydroxylation is 1. The van der Waals surface area contributed by atoms with Crippen molar-refractivity contribution in [1.82, 2.24) is 29.7 Å². The van der Waals surface area contributed by atoms with Crippen LogP contribution >= 0.6 is 0 Å². The smallest absolute Gasteiger partial charge is 0.118 e. The van der Waals surface area contributed by atoms with E-state index in [4.69, 9.17) is 4.74 Å². The van der Waals surface area contributed by atoms with Crippen LogP contribution in [0.25, 0.3) is 5.69 Å². The maximum Gasteiger partial charge on any atom is 0.118 e. The monoisotopic (exact) mass is 312 g/mol. The Balaban J connectivity index is 1.61. The molecule has 2 heterocycles. The van der Waals surface area contributed by atoms with Gasteiger partial charge in [-0.2, -0.15) is 5.10 Å². The highest BCUT2D eigenvalue weighted by Gasteiger charge is 2.08. The van der Waals surface area contributed by atoms with Crippen molar-refractivity contribution in [2.45, 2.75) is 13.1 Å². The van der Waals surface area contributed by atoms with E-state index in [0.29, 0.717) is 0 Å². The van der Waals surface area contributed by atoms with Crippen LogP contribution in [0.2, 0.25) is 0 Å². The van der Waals surface area contributed by atoms with Crippen molar-refractivity contribution in [2.24, 2.45) is 7.05 Å². The molecule has 0 saturated carbocycles. The SMILES string of the molecule is COc1ccc(CN(C)Cc2cn(-c3cnn(C)c3)nn2)cc1. The van der Waals surface area contributed by atoms with E-state index in [1.807, 2.05) is 31.6 Å². The largest absolute Gasteiger partial charge is 0.497 e. The maximum atomic E-state index is 5.17. The van der Waals surface area contributed by atoms with Crippen LogP contribution in [0.15, 0.2) is 42.9 Å². The molecular weight excluding hydrogens is 292 g/mol. The Labute approximate surface area is 135 Å². The fourth-order valence-corrected chi connectivity index (χ4v) is 2.40. The van der Waals surface area contributed by atoms with E-state index in [1.54, 1.807) is 22.7 Å². The van der Waals surface area contributed by atoms with Crippen molar-refractivity contribution in [1.29, 1.82) is 0 Å². The van der Waals surface area contributed by atoms with Crippen LogP contribution in [-0.2, 0) is 20.1 Å². The third-order valence-corrected chi connectivity index (χ3v) is 3.54. The highest BCUT2D eigenvalue weighted by molar-refractivity contribution is 5.27. The molecule has 0 aliphatic carbocycles. The molecule has 0 spiro atoms. The van der Waals surface area contributed by atoms with Crippen LogP contribution in [0, 0.1) is 0 Å².